The van der Waals surface area contributed by atoms with E-state index in [0.29, 0.717) is 10.6 Å². The van der Waals surface area contributed by atoms with Crippen LogP contribution in [0.2, 0.25) is 0 Å². The van der Waals surface area contributed by atoms with Crippen molar-refractivity contribution in [3.05, 3.63) is 46.7 Å². The highest BCUT2D eigenvalue weighted by Crippen LogP contribution is 2.23. The van der Waals surface area contributed by atoms with Gasteiger partial charge in [-0.1, -0.05) is 6.07 Å². The van der Waals surface area contributed by atoms with Crippen LogP contribution in [0.25, 0.3) is 0 Å². The van der Waals surface area contributed by atoms with Gasteiger partial charge in [-0.25, -0.2) is 13.1 Å². The minimum Gasteiger partial charge on any atom is -0.321 e. The molecule has 21 heavy (non-hydrogen) atoms. The zero-order valence-corrected chi connectivity index (χ0v) is 12.7. The van der Waals surface area contributed by atoms with E-state index in [9.17, 15) is 13.2 Å². The Hall–Kier alpha value is -1.70. The maximum atomic E-state index is 12.0. The maximum Gasteiger partial charge on any atom is 0.265 e. The number of carbonyl (C=O) groups excluding carboxylic acids is 1. The Morgan fingerprint density at radius 1 is 1.14 bits per heavy atom. The van der Waals surface area contributed by atoms with E-state index in [2.05, 4.69) is 10.0 Å². The van der Waals surface area contributed by atoms with Gasteiger partial charge >= 0.3 is 0 Å². The van der Waals surface area contributed by atoms with Crippen LogP contribution in [0.5, 0.6) is 0 Å². The molecule has 7 heteroatoms. The number of hydrogen-bond acceptors (Lipinski definition) is 4. The van der Waals surface area contributed by atoms with Gasteiger partial charge in [-0.05, 0) is 48.6 Å². The van der Waals surface area contributed by atoms with E-state index < -0.39 is 10.0 Å². The number of anilines is 1. The van der Waals surface area contributed by atoms with E-state index in [4.69, 9.17) is 0 Å². The summed E-state index contributed by atoms with van der Waals surface area (Å²) >= 11 is 1.35. The summed E-state index contributed by atoms with van der Waals surface area (Å²) in [5.74, 6) is -0.197. The highest BCUT2D eigenvalue weighted by atomic mass is 32.2. The molecule has 0 aliphatic heterocycles. The van der Waals surface area contributed by atoms with Gasteiger partial charge in [-0.2, -0.15) is 0 Å². The van der Waals surface area contributed by atoms with Crippen LogP contribution < -0.4 is 10.0 Å². The van der Waals surface area contributed by atoms with Crippen LogP contribution in [-0.4, -0.2) is 20.4 Å². The molecule has 0 unspecified atom stereocenters. The molecule has 1 aliphatic carbocycles. The molecule has 1 amide bonds. The molecular formula is C14H14N2O3S2. The number of sulfonamides is 1. The van der Waals surface area contributed by atoms with Crippen molar-refractivity contribution in [2.75, 3.05) is 5.32 Å². The minimum atomic E-state index is -3.45. The van der Waals surface area contributed by atoms with Gasteiger partial charge in [0.2, 0.25) is 10.0 Å². The van der Waals surface area contributed by atoms with E-state index in [1.165, 1.54) is 23.5 Å². The van der Waals surface area contributed by atoms with E-state index in [0.717, 1.165) is 12.8 Å². The lowest BCUT2D eigenvalue weighted by atomic mass is 10.3. The van der Waals surface area contributed by atoms with Gasteiger partial charge in [0.1, 0.15) is 0 Å². The van der Waals surface area contributed by atoms with Crippen LogP contribution >= 0.6 is 11.3 Å². The predicted octanol–water partition coefficient (Wildman–Crippen LogP) is 2.44. The molecule has 1 aromatic carbocycles. The Morgan fingerprint density at radius 2 is 1.86 bits per heavy atom. The normalized spacial score (nSPS) is 14.9. The second-order valence-electron chi connectivity index (χ2n) is 4.85. The van der Waals surface area contributed by atoms with Crippen LogP contribution in [0.4, 0.5) is 5.69 Å². The van der Waals surface area contributed by atoms with Crippen molar-refractivity contribution in [3.8, 4) is 0 Å². The summed E-state index contributed by atoms with van der Waals surface area (Å²) < 4.78 is 26.6. The van der Waals surface area contributed by atoms with Gasteiger partial charge < -0.3 is 5.32 Å². The Bertz CT molecular complexity index is 733. The summed E-state index contributed by atoms with van der Waals surface area (Å²) in [7, 11) is -3.45. The van der Waals surface area contributed by atoms with Crippen molar-refractivity contribution in [2.45, 2.75) is 23.8 Å². The first-order chi connectivity index (χ1) is 10.0. The Balaban J connectivity index is 1.70. The monoisotopic (exact) mass is 322 g/mol. The molecule has 1 heterocycles. The molecule has 1 fully saturated rings. The van der Waals surface area contributed by atoms with Gasteiger partial charge in [-0.3, -0.25) is 4.79 Å². The summed E-state index contributed by atoms with van der Waals surface area (Å²) in [4.78, 5) is 12.7. The van der Waals surface area contributed by atoms with Crippen molar-refractivity contribution in [1.29, 1.82) is 0 Å². The number of hydrogen-bond donors (Lipinski definition) is 2. The van der Waals surface area contributed by atoms with Gasteiger partial charge in [-0.15, -0.1) is 11.3 Å². The van der Waals surface area contributed by atoms with E-state index in [1.54, 1.807) is 24.3 Å². The summed E-state index contributed by atoms with van der Waals surface area (Å²) in [6.07, 6.45) is 1.79. The van der Waals surface area contributed by atoms with Crippen molar-refractivity contribution < 1.29 is 13.2 Å². The molecule has 2 N–H and O–H groups in total. The third-order valence-corrected chi connectivity index (χ3v) is 5.47. The van der Waals surface area contributed by atoms with Crippen LogP contribution in [0.1, 0.15) is 22.5 Å². The number of thiophene rings is 1. The Morgan fingerprint density at radius 3 is 2.43 bits per heavy atom. The maximum absolute atomic E-state index is 12.0. The minimum absolute atomic E-state index is 0.0770. The second kappa shape index (κ2) is 5.59. The zero-order chi connectivity index (χ0) is 14.9. The molecule has 5 nitrogen and oxygen atoms in total. The molecule has 2 aromatic rings. The molecule has 0 atom stereocenters. The molecule has 1 aliphatic rings. The van der Waals surface area contributed by atoms with Crippen LogP contribution in [0, 0.1) is 0 Å². The van der Waals surface area contributed by atoms with Crippen molar-refractivity contribution in [2.24, 2.45) is 0 Å². The lowest BCUT2D eigenvalue weighted by Gasteiger charge is -2.07. The van der Waals surface area contributed by atoms with Crippen LogP contribution in [0.3, 0.4) is 0 Å². The smallest absolute Gasteiger partial charge is 0.265 e. The first-order valence-electron chi connectivity index (χ1n) is 6.52. The van der Waals surface area contributed by atoms with Crippen molar-refractivity contribution in [1.82, 2.24) is 4.72 Å². The van der Waals surface area contributed by atoms with Crippen LogP contribution in [0.15, 0.2) is 46.7 Å². The molecule has 0 radical (unpaired) electrons. The van der Waals surface area contributed by atoms with E-state index in [1.807, 2.05) is 5.38 Å². The fraction of sp³-hybridized carbons (Fsp3) is 0.214. The lowest BCUT2D eigenvalue weighted by molar-refractivity contribution is 0.103. The summed E-state index contributed by atoms with van der Waals surface area (Å²) in [6.45, 7) is 0. The van der Waals surface area contributed by atoms with Crippen molar-refractivity contribution in [3.63, 3.8) is 0 Å². The molecule has 0 spiro atoms. The SMILES string of the molecule is O=C(Nc1ccc(S(=O)(=O)NC2CC2)cc1)c1cccs1. The largest absolute Gasteiger partial charge is 0.321 e. The average molecular weight is 322 g/mol. The first-order valence-corrected chi connectivity index (χ1v) is 8.88. The van der Waals surface area contributed by atoms with Crippen LogP contribution in [-0.2, 0) is 10.0 Å². The number of amides is 1. The number of carbonyl (C=O) groups is 1. The summed E-state index contributed by atoms with van der Waals surface area (Å²) in [5, 5.41) is 4.56. The fourth-order valence-electron chi connectivity index (χ4n) is 1.81. The standard InChI is InChI=1S/C14H14N2O3S2/c17-14(13-2-1-9-20-13)15-10-5-7-12(8-6-10)21(18,19)16-11-3-4-11/h1-2,5-9,11,16H,3-4H2,(H,15,17). The third kappa shape index (κ3) is 3.49. The molecule has 0 saturated heterocycles. The van der Waals surface area contributed by atoms with Gasteiger partial charge in [0.05, 0.1) is 9.77 Å². The van der Waals surface area contributed by atoms with E-state index >= 15 is 0 Å². The number of benzene rings is 1. The quantitative estimate of drug-likeness (QED) is 0.888. The molecule has 0 bridgehead atoms. The molecular weight excluding hydrogens is 308 g/mol. The van der Waals surface area contributed by atoms with Gasteiger partial charge in [0.15, 0.2) is 0 Å². The zero-order valence-electron chi connectivity index (χ0n) is 11.1. The number of nitrogens with one attached hydrogen (secondary N) is 2. The van der Waals surface area contributed by atoms with Gasteiger partial charge in [0, 0.05) is 11.7 Å². The highest BCUT2D eigenvalue weighted by Gasteiger charge is 2.27. The molecule has 1 saturated carbocycles. The number of rotatable bonds is 5. The average Bonchev–Trinajstić information content (AvgIpc) is 3.08. The first kappa shape index (κ1) is 14.2. The third-order valence-electron chi connectivity index (χ3n) is 3.07. The van der Waals surface area contributed by atoms with E-state index in [-0.39, 0.29) is 16.8 Å². The topological polar surface area (TPSA) is 75.3 Å². The molecule has 3 rings (SSSR count). The summed E-state index contributed by atoms with van der Waals surface area (Å²) in [6, 6.07) is 9.79. The molecule has 1 aromatic heterocycles. The predicted molar refractivity (Wildman–Crippen MR) is 82.1 cm³/mol. The van der Waals surface area contributed by atoms with Crippen molar-refractivity contribution >= 4 is 33.0 Å². The molecule has 110 valence electrons. The Kier molecular flexibility index (Phi) is 3.79. The highest BCUT2D eigenvalue weighted by molar-refractivity contribution is 7.89. The fourth-order valence-corrected chi connectivity index (χ4v) is 3.73. The second-order valence-corrected chi connectivity index (χ2v) is 7.51. The summed E-state index contributed by atoms with van der Waals surface area (Å²) in [5.41, 5.74) is 0.568. The Labute approximate surface area is 127 Å². The van der Waals surface area contributed by atoms with Gasteiger partial charge in [0.25, 0.3) is 5.91 Å². The lowest BCUT2D eigenvalue weighted by Crippen LogP contribution is -2.25.